The molecule has 0 N–H and O–H groups in total. The molecule has 0 saturated heterocycles. The van der Waals surface area contributed by atoms with Gasteiger partial charge in [-0.25, -0.2) is 0 Å². The van der Waals surface area contributed by atoms with Crippen LogP contribution in [0.25, 0.3) is 148 Å². The molecule has 0 saturated carbocycles. The van der Waals surface area contributed by atoms with Gasteiger partial charge in [0.15, 0.2) is 0 Å². The van der Waals surface area contributed by atoms with E-state index in [0.717, 1.165) is 45.4 Å². The van der Waals surface area contributed by atoms with Gasteiger partial charge in [0, 0.05) is 121 Å². The quantitative estimate of drug-likeness (QED) is 0.142. The first kappa shape index (κ1) is 61.9. The number of para-hydroxylation sites is 8. The van der Waals surface area contributed by atoms with Gasteiger partial charge in [0.05, 0.1) is 60.6 Å². The number of benzene rings is 15. The number of fused-ring (bicyclic) bond motifs is 28. The Labute approximate surface area is 662 Å². The van der Waals surface area contributed by atoms with Crippen molar-refractivity contribution in [1.82, 2.24) is 22.8 Å². The minimum absolute atomic E-state index is 0.0252. The van der Waals surface area contributed by atoms with E-state index in [4.69, 9.17) is 0 Å². The Bertz CT molecular complexity index is 7730. The van der Waals surface area contributed by atoms with Crippen molar-refractivity contribution < 1.29 is 0 Å². The van der Waals surface area contributed by atoms with Crippen molar-refractivity contribution in [3.8, 4) is 62.1 Å². The summed E-state index contributed by atoms with van der Waals surface area (Å²) in [5, 5.41) is 7.64. The van der Waals surface area contributed by atoms with Crippen molar-refractivity contribution in [1.29, 1.82) is 0 Å². The molecule has 6 aromatic heterocycles. The van der Waals surface area contributed by atoms with Crippen molar-refractivity contribution >= 4 is 178 Å². The highest BCUT2D eigenvalue weighted by atomic mass is 32.1. The third-order valence-electron chi connectivity index (χ3n) is 27.1. The first-order chi connectivity index (χ1) is 56.2. The van der Waals surface area contributed by atoms with Crippen LogP contribution in [0.2, 0.25) is 0 Å². The molecule has 10 heteroatoms. The Kier molecular flexibility index (Phi) is 11.8. The van der Waals surface area contributed by atoms with Crippen LogP contribution >= 0.6 is 11.3 Å². The van der Waals surface area contributed by atoms with Crippen LogP contribution in [0.3, 0.4) is 0 Å². The summed E-state index contributed by atoms with van der Waals surface area (Å²) in [5.41, 5.74) is 43.1. The standard InChI is InChI=1S/C104H67B2N7S/c1-103(2)77-46-21-17-39-69(77)96-88(103)73-43-26-48-79-93(73)110(96)83-58-67(59-84-91(83)105(79)80-49-27-44-74-89-97(111(84)94(74)80)70-40-18-22-47-78(70)104(89,3)4)108(63-34-13-7-14-35-63)65-38-25-29-60(55-65)68-53-54-76-98-90(68)106-81-50-28-45-75-95(81)112(99-71-41-19-23-51-82(71)109(100(75)99)64-36-15-8-16-37-64)85-56-66(107(61-30-9-5-10-31-61)62-32-11-6-12-33-62)57-86(92(85)106)113(98)101-72-42-20-24-52-87(72)114-102(76)101/h5-59H,1-4H3. The number of anilines is 6. The largest absolute Gasteiger partial charge is 0.310 e. The third-order valence-corrected chi connectivity index (χ3v) is 28.3. The van der Waals surface area contributed by atoms with E-state index in [2.05, 4.69) is 394 Å². The lowest BCUT2D eigenvalue weighted by Crippen LogP contribution is -2.60. The molecule has 530 valence electrons. The number of thiophene rings is 1. The molecule has 4 aliphatic heterocycles. The van der Waals surface area contributed by atoms with E-state index < -0.39 is 0 Å². The van der Waals surface area contributed by atoms with E-state index in [1.807, 2.05) is 11.3 Å². The summed E-state index contributed by atoms with van der Waals surface area (Å²) in [7, 11) is 0. The van der Waals surface area contributed by atoms with Gasteiger partial charge < -0.3 is 32.6 Å². The summed E-state index contributed by atoms with van der Waals surface area (Å²) in [4.78, 5) is 5.05. The summed E-state index contributed by atoms with van der Waals surface area (Å²) in [6.45, 7) is 9.58. The van der Waals surface area contributed by atoms with E-state index in [1.54, 1.807) is 0 Å². The normalized spacial score (nSPS) is 14.2. The number of aromatic nitrogens is 5. The Morgan fingerprint density at radius 1 is 0.281 bits per heavy atom. The van der Waals surface area contributed by atoms with E-state index in [1.165, 1.54) is 192 Å². The van der Waals surface area contributed by atoms with Crippen molar-refractivity contribution in [2.24, 2.45) is 0 Å². The molecule has 0 amide bonds. The molecule has 0 radical (unpaired) electrons. The van der Waals surface area contributed by atoms with Gasteiger partial charge in [0.1, 0.15) is 0 Å². The smallest absolute Gasteiger partial charge is 0.253 e. The topological polar surface area (TPSA) is 31.1 Å². The zero-order valence-electron chi connectivity index (χ0n) is 62.9. The molecule has 7 nitrogen and oxygen atoms in total. The molecular weight excluding hydrogens is 1400 g/mol. The fourth-order valence-corrected chi connectivity index (χ4v) is 24.1. The van der Waals surface area contributed by atoms with E-state index >= 15 is 0 Å². The predicted molar refractivity (Wildman–Crippen MR) is 480 cm³/mol. The minimum atomic E-state index is -0.247. The molecular formula is C104H67B2N7S. The zero-order chi connectivity index (χ0) is 74.6. The van der Waals surface area contributed by atoms with Gasteiger partial charge in [-0.2, -0.15) is 0 Å². The molecule has 27 rings (SSSR count). The maximum absolute atomic E-state index is 2.73. The lowest BCUT2D eigenvalue weighted by molar-refractivity contribution is 0.666. The average molecular weight is 1470 g/mol. The first-order valence-corrected chi connectivity index (χ1v) is 40.9. The van der Waals surface area contributed by atoms with Gasteiger partial charge in [-0.1, -0.05) is 264 Å². The van der Waals surface area contributed by atoms with Crippen molar-refractivity contribution in [3.63, 3.8) is 0 Å². The van der Waals surface area contributed by atoms with Crippen LogP contribution in [0, 0.1) is 0 Å². The number of nitrogens with zero attached hydrogens (tertiary/aromatic N) is 7. The molecule has 10 heterocycles. The zero-order valence-corrected chi connectivity index (χ0v) is 63.8. The van der Waals surface area contributed by atoms with Crippen molar-refractivity contribution in [3.05, 3.63) is 356 Å². The highest BCUT2D eigenvalue weighted by Gasteiger charge is 2.51. The molecule has 0 spiro atoms. The lowest BCUT2D eigenvalue weighted by Gasteiger charge is -2.37. The molecule has 21 aromatic rings. The van der Waals surface area contributed by atoms with Crippen LogP contribution in [0.4, 0.5) is 34.1 Å². The minimum Gasteiger partial charge on any atom is -0.310 e. The predicted octanol–water partition coefficient (Wildman–Crippen LogP) is 22.4. The SMILES string of the molecule is CC1(C)c2ccccc2-c2c1c1cccc3c1n2-c1cc(N(c2ccccc2)c2cccc(-c4ccc5c6sc7ccccc7c6n6c5c4B4c5c-6cc(N(c6ccccc6)c6ccccc6)cc5-n5c6c4cccc6c4c5c5ccccc5n4-c4ccccc4)c2)cc2c1B3c1cccc3c4c(n-2c13)-c1ccccc1C4(C)C. The van der Waals surface area contributed by atoms with E-state index in [-0.39, 0.29) is 24.3 Å². The molecule has 0 fully saturated rings. The Hall–Kier alpha value is -13.8. The number of hydrogen-bond acceptors (Lipinski definition) is 3. The Morgan fingerprint density at radius 2 is 0.719 bits per heavy atom. The van der Waals surface area contributed by atoms with Crippen LogP contribution in [0.5, 0.6) is 0 Å². The molecule has 0 bridgehead atoms. The maximum atomic E-state index is 2.73. The van der Waals surface area contributed by atoms with Crippen LogP contribution in [0.1, 0.15) is 49.9 Å². The second kappa shape index (κ2) is 21.7. The van der Waals surface area contributed by atoms with Crippen LogP contribution in [0.15, 0.2) is 334 Å². The summed E-state index contributed by atoms with van der Waals surface area (Å²) >= 11 is 1.93. The fourth-order valence-electron chi connectivity index (χ4n) is 22.9. The van der Waals surface area contributed by atoms with E-state index in [0.29, 0.717) is 0 Å². The van der Waals surface area contributed by atoms with Gasteiger partial charge in [-0.15, -0.1) is 11.3 Å². The van der Waals surface area contributed by atoms with Gasteiger partial charge in [-0.3, -0.25) is 0 Å². The third kappa shape index (κ3) is 7.52. The highest BCUT2D eigenvalue weighted by molar-refractivity contribution is 7.26. The molecule has 0 atom stereocenters. The Balaban J connectivity index is 0.754. The molecule has 15 aromatic carbocycles. The Morgan fingerprint density at radius 3 is 1.32 bits per heavy atom. The summed E-state index contributed by atoms with van der Waals surface area (Å²) in [6.07, 6.45) is 0. The molecule has 6 aliphatic rings. The van der Waals surface area contributed by atoms with Crippen molar-refractivity contribution in [2.75, 3.05) is 9.80 Å². The van der Waals surface area contributed by atoms with Gasteiger partial charge in [-0.05, 0) is 163 Å². The number of rotatable bonds is 8. The van der Waals surface area contributed by atoms with Crippen LogP contribution in [-0.4, -0.2) is 36.3 Å². The fraction of sp³-hybridized carbons (Fsp3) is 0.0577. The summed E-state index contributed by atoms with van der Waals surface area (Å²) in [5.74, 6) is 0. The average Bonchev–Trinajstić information content (AvgIpc) is 1.50. The van der Waals surface area contributed by atoms with Gasteiger partial charge >= 0.3 is 0 Å². The second-order valence-corrected chi connectivity index (χ2v) is 34.4. The van der Waals surface area contributed by atoms with Gasteiger partial charge in [0.2, 0.25) is 0 Å². The number of hydrogen-bond donors (Lipinski definition) is 0. The molecule has 0 unspecified atom stereocenters. The first-order valence-electron chi connectivity index (χ1n) is 40.1. The van der Waals surface area contributed by atoms with Crippen LogP contribution < -0.4 is 42.6 Å². The van der Waals surface area contributed by atoms with Gasteiger partial charge in [0.25, 0.3) is 13.4 Å². The summed E-state index contributed by atoms with van der Waals surface area (Å²) in [6, 6.07) is 127. The van der Waals surface area contributed by atoms with Crippen molar-refractivity contribution in [2.45, 2.75) is 38.5 Å². The molecule has 114 heavy (non-hydrogen) atoms. The lowest BCUT2D eigenvalue weighted by atomic mass is 9.33. The second-order valence-electron chi connectivity index (χ2n) is 33.3. The van der Waals surface area contributed by atoms with Crippen LogP contribution in [-0.2, 0) is 10.8 Å². The molecule has 2 aliphatic carbocycles. The summed E-state index contributed by atoms with van der Waals surface area (Å²) < 4.78 is 16.0. The maximum Gasteiger partial charge on any atom is 0.253 e. The van der Waals surface area contributed by atoms with E-state index in [9.17, 15) is 0 Å². The highest BCUT2D eigenvalue weighted by Crippen LogP contribution is 2.59. The monoisotopic (exact) mass is 1470 g/mol.